The van der Waals surface area contributed by atoms with Gasteiger partial charge in [0.25, 0.3) is 0 Å². The Morgan fingerprint density at radius 1 is 1.00 bits per heavy atom. The zero-order valence-corrected chi connectivity index (χ0v) is 9.77. The zero-order chi connectivity index (χ0) is 10.4. The van der Waals surface area contributed by atoms with Crippen LogP contribution in [0.2, 0.25) is 0 Å². The minimum atomic E-state index is -1.27. The van der Waals surface area contributed by atoms with Gasteiger partial charge in [0.1, 0.15) is 0 Å². The molecule has 0 saturated heterocycles. The van der Waals surface area contributed by atoms with E-state index in [1.165, 1.54) is 0 Å². The maximum Gasteiger partial charge on any atom is 0.307 e. The topological polar surface area (TPSA) is 112 Å². The van der Waals surface area contributed by atoms with Gasteiger partial charge in [-0.1, -0.05) is 0 Å². The van der Waals surface area contributed by atoms with Crippen molar-refractivity contribution in [3.63, 3.8) is 0 Å². The summed E-state index contributed by atoms with van der Waals surface area (Å²) >= 11 is 0. The van der Waals surface area contributed by atoms with E-state index in [2.05, 4.69) is 0 Å². The number of carboxylic acid groups (broad SMARTS) is 3. The fourth-order valence-corrected chi connectivity index (χ4v) is 0.821. The molecule has 0 saturated carbocycles. The first-order valence-corrected chi connectivity index (χ1v) is 3.60. The van der Waals surface area contributed by atoms with Gasteiger partial charge >= 0.3 is 17.9 Å². The SMILES string of the molecule is O=C(O)CCC(CC(=O)O)C(=O)O.[Na]. The van der Waals surface area contributed by atoms with E-state index in [1.807, 2.05) is 0 Å². The van der Waals surface area contributed by atoms with Gasteiger partial charge in [0.2, 0.25) is 0 Å². The number of carboxylic acids is 3. The molecular formula is C7H10NaO6. The molecule has 6 nitrogen and oxygen atoms in total. The summed E-state index contributed by atoms with van der Waals surface area (Å²) in [6.45, 7) is 0. The molecule has 0 aromatic rings. The van der Waals surface area contributed by atoms with Crippen molar-refractivity contribution in [3.05, 3.63) is 0 Å². The summed E-state index contributed by atoms with van der Waals surface area (Å²) in [5.74, 6) is -4.76. The normalized spacial score (nSPS) is 11.1. The van der Waals surface area contributed by atoms with Crippen LogP contribution in [0.15, 0.2) is 0 Å². The van der Waals surface area contributed by atoms with Crippen LogP contribution < -0.4 is 0 Å². The van der Waals surface area contributed by atoms with Crippen molar-refractivity contribution in [1.29, 1.82) is 0 Å². The Bertz CT molecular complexity index is 226. The van der Waals surface area contributed by atoms with Crippen LogP contribution in [0.25, 0.3) is 0 Å². The van der Waals surface area contributed by atoms with Gasteiger partial charge in [0, 0.05) is 36.0 Å². The predicted molar refractivity (Wildman–Crippen MR) is 46.0 cm³/mol. The van der Waals surface area contributed by atoms with Gasteiger partial charge in [-0.05, 0) is 6.42 Å². The van der Waals surface area contributed by atoms with Crippen LogP contribution in [0.1, 0.15) is 19.3 Å². The third-order valence-electron chi connectivity index (χ3n) is 1.48. The van der Waals surface area contributed by atoms with E-state index < -0.39 is 30.2 Å². The average molecular weight is 213 g/mol. The van der Waals surface area contributed by atoms with E-state index in [9.17, 15) is 14.4 Å². The average Bonchev–Trinajstić information content (AvgIpc) is 1.96. The van der Waals surface area contributed by atoms with Crippen LogP contribution in [0.3, 0.4) is 0 Å². The largest absolute Gasteiger partial charge is 0.481 e. The third-order valence-corrected chi connectivity index (χ3v) is 1.48. The Hall–Kier alpha value is -0.590. The molecule has 75 valence electrons. The molecule has 0 rings (SSSR count). The van der Waals surface area contributed by atoms with Gasteiger partial charge in [-0.25, -0.2) is 0 Å². The van der Waals surface area contributed by atoms with Gasteiger partial charge in [0.05, 0.1) is 12.3 Å². The van der Waals surface area contributed by atoms with E-state index in [1.54, 1.807) is 0 Å². The molecule has 0 aliphatic carbocycles. The summed E-state index contributed by atoms with van der Waals surface area (Å²) < 4.78 is 0. The second-order valence-electron chi connectivity index (χ2n) is 2.57. The molecule has 3 N–H and O–H groups in total. The standard InChI is InChI=1S/C7H10O6.Na/c8-5(9)2-1-4(7(12)13)3-6(10)11;/h4H,1-3H2,(H,8,9)(H,10,11)(H,12,13);. The van der Waals surface area contributed by atoms with Crippen LogP contribution in [0.5, 0.6) is 0 Å². The molecule has 1 radical (unpaired) electrons. The van der Waals surface area contributed by atoms with Gasteiger partial charge in [0.15, 0.2) is 0 Å². The summed E-state index contributed by atoms with van der Waals surface area (Å²) in [5, 5.41) is 25.0. The summed E-state index contributed by atoms with van der Waals surface area (Å²) in [4.78, 5) is 30.6. The molecule has 1 unspecified atom stereocenters. The summed E-state index contributed by atoms with van der Waals surface area (Å²) in [7, 11) is 0. The van der Waals surface area contributed by atoms with Crippen LogP contribution in [0.4, 0.5) is 0 Å². The molecular weight excluding hydrogens is 203 g/mol. The Balaban J connectivity index is 0. The minimum absolute atomic E-state index is 0. The van der Waals surface area contributed by atoms with E-state index in [4.69, 9.17) is 15.3 Å². The Labute approximate surface area is 102 Å². The smallest absolute Gasteiger partial charge is 0.307 e. The van der Waals surface area contributed by atoms with Crippen LogP contribution in [0, 0.1) is 5.92 Å². The fourth-order valence-electron chi connectivity index (χ4n) is 0.821. The molecule has 0 amide bonds. The van der Waals surface area contributed by atoms with E-state index in [-0.39, 0.29) is 42.4 Å². The fraction of sp³-hybridized carbons (Fsp3) is 0.571. The van der Waals surface area contributed by atoms with Gasteiger partial charge in [-0.3, -0.25) is 14.4 Å². The predicted octanol–water partition coefficient (Wildman–Crippen LogP) is -0.354. The molecule has 14 heavy (non-hydrogen) atoms. The van der Waals surface area contributed by atoms with Crippen molar-refractivity contribution < 1.29 is 29.7 Å². The van der Waals surface area contributed by atoms with E-state index in [0.717, 1.165) is 0 Å². The molecule has 7 heteroatoms. The van der Waals surface area contributed by atoms with Gasteiger partial charge in [-0.2, -0.15) is 0 Å². The first-order chi connectivity index (χ1) is 5.93. The Morgan fingerprint density at radius 2 is 1.50 bits per heavy atom. The number of rotatable bonds is 6. The molecule has 0 aromatic heterocycles. The van der Waals surface area contributed by atoms with Crippen LogP contribution in [-0.2, 0) is 14.4 Å². The van der Waals surface area contributed by atoms with Crippen molar-refractivity contribution >= 4 is 47.5 Å². The molecule has 0 aromatic carbocycles. The zero-order valence-electron chi connectivity index (χ0n) is 7.77. The maximum atomic E-state index is 10.4. The Morgan fingerprint density at radius 3 is 1.79 bits per heavy atom. The van der Waals surface area contributed by atoms with Crippen molar-refractivity contribution in [1.82, 2.24) is 0 Å². The number of carbonyl (C=O) groups is 3. The van der Waals surface area contributed by atoms with Crippen molar-refractivity contribution in [2.75, 3.05) is 0 Å². The molecule has 1 atom stereocenters. The number of hydrogen-bond acceptors (Lipinski definition) is 3. The first kappa shape index (κ1) is 15.9. The van der Waals surface area contributed by atoms with Gasteiger partial charge in [-0.15, -0.1) is 0 Å². The van der Waals surface area contributed by atoms with Crippen LogP contribution in [-0.4, -0.2) is 62.8 Å². The monoisotopic (exact) mass is 213 g/mol. The summed E-state index contributed by atoms with van der Waals surface area (Å²) in [5.41, 5.74) is 0. The Kier molecular flexibility index (Phi) is 8.82. The first-order valence-electron chi connectivity index (χ1n) is 3.60. The summed E-state index contributed by atoms with van der Waals surface area (Å²) in [6.07, 6.45) is -1.02. The minimum Gasteiger partial charge on any atom is -0.481 e. The van der Waals surface area contributed by atoms with E-state index >= 15 is 0 Å². The number of aliphatic carboxylic acids is 3. The molecule has 0 heterocycles. The second kappa shape index (κ2) is 7.78. The van der Waals surface area contributed by atoms with Gasteiger partial charge < -0.3 is 15.3 Å². The van der Waals surface area contributed by atoms with Crippen molar-refractivity contribution in [3.8, 4) is 0 Å². The molecule has 0 aliphatic rings. The molecule has 0 fully saturated rings. The summed E-state index contributed by atoms with van der Waals surface area (Å²) in [6, 6.07) is 0. The van der Waals surface area contributed by atoms with Crippen molar-refractivity contribution in [2.45, 2.75) is 19.3 Å². The van der Waals surface area contributed by atoms with E-state index in [0.29, 0.717) is 0 Å². The second-order valence-corrected chi connectivity index (χ2v) is 2.57. The quantitative estimate of drug-likeness (QED) is 0.519. The molecule has 0 aliphatic heterocycles. The maximum absolute atomic E-state index is 10.4. The third kappa shape index (κ3) is 8.03. The van der Waals surface area contributed by atoms with Crippen molar-refractivity contribution in [2.24, 2.45) is 5.92 Å². The van der Waals surface area contributed by atoms with Crippen LogP contribution >= 0.6 is 0 Å². The number of hydrogen-bond donors (Lipinski definition) is 3. The molecule has 0 bridgehead atoms. The molecule has 0 spiro atoms.